The highest BCUT2D eigenvalue weighted by molar-refractivity contribution is 7.91. The van der Waals surface area contributed by atoms with Gasteiger partial charge in [-0.15, -0.1) is 0 Å². The Bertz CT molecular complexity index is 1350. The van der Waals surface area contributed by atoms with Gasteiger partial charge in [0.05, 0.1) is 17.8 Å². The van der Waals surface area contributed by atoms with Crippen LogP contribution in [0.4, 0.5) is 4.39 Å². The normalized spacial score (nSPS) is 16.0. The molecule has 8 heteroatoms. The maximum Gasteiger partial charge on any atom is 0.191 e. The van der Waals surface area contributed by atoms with E-state index in [1.54, 1.807) is 24.3 Å². The molecule has 0 saturated carbocycles. The Labute approximate surface area is 190 Å². The van der Waals surface area contributed by atoms with Crippen LogP contribution in [0.2, 0.25) is 5.02 Å². The number of ether oxygens (including phenoxy) is 2. The van der Waals surface area contributed by atoms with Crippen molar-refractivity contribution in [3.05, 3.63) is 93.8 Å². The predicted molar refractivity (Wildman–Crippen MR) is 120 cm³/mol. The van der Waals surface area contributed by atoms with Crippen LogP contribution in [0.1, 0.15) is 21.5 Å². The number of sulfone groups is 1. The van der Waals surface area contributed by atoms with E-state index in [0.717, 1.165) is 23.8 Å². The van der Waals surface area contributed by atoms with Gasteiger partial charge in [-0.05, 0) is 48.0 Å². The average Bonchev–Trinajstić information content (AvgIpc) is 2.77. The van der Waals surface area contributed by atoms with Gasteiger partial charge in [0.1, 0.15) is 12.4 Å². The molecular weight excluding hydrogens is 455 g/mol. The fourth-order valence-electron chi connectivity index (χ4n) is 3.44. The Morgan fingerprint density at radius 2 is 1.84 bits per heavy atom. The maximum atomic E-state index is 13.6. The van der Waals surface area contributed by atoms with Gasteiger partial charge in [0, 0.05) is 21.7 Å². The molecule has 0 saturated heterocycles. The molecule has 3 aromatic rings. The highest BCUT2D eigenvalue weighted by Gasteiger charge is 2.33. The number of halogens is 2. The lowest BCUT2D eigenvalue weighted by atomic mass is 10.0. The third-order valence-electron chi connectivity index (χ3n) is 5.03. The fraction of sp³-hybridized carbons (Fsp3) is 0.125. The molecular formula is C24H18ClFO5S. The van der Waals surface area contributed by atoms with Crippen molar-refractivity contribution in [3.63, 3.8) is 0 Å². The van der Waals surface area contributed by atoms with Crippen LogP contribution >= 0.6 is 11.6 Å². The average molecular weight is 473 g/mol. The van der Waals surface area contributed by atoms with Crippen molar-refractivity contribution in [2.45, 2.75) is 11.5 Å². The zero-order valence-electron chi connectivity index (χ0n) is 17.0. The predicted octanol–water partition coefficient (Wildman–Crippen LogP) is 5.12. The smallest absolute Gasteiger partial charge is 0.191 e. The van der Waals surface area contributed by atoms with Crippen molar-refractivity contribution in [3.8, 4) is 11.5 Å². The summed E-state index contributed by atoms with van der Waals surface area (Å²) in [4.78, 5) is 12.7. The molecule has 0 aliphatic carbocycles. The molecule has 1 aliphatic rings. The zero-order valence-corrected chi connectivity index (χ0v) is 18.5. The van der Waals surface area contributed by atoms with E-state index in [4.69, 9.17) is 21.1 Å². The lowest BCUT2D eigenvalue weighted by Crippen LogP contribution is -2.24. The number of carbonyl (C=O) groups is 1. The highest BCUT2D eigenvalue weighted by Crippen LogP contribution is 2.33. The molecule has 0 radical (unpaired) electrons. The molecule has 32 heavy (non-hydrogen) atoms. The van der Waals surface area contributed by atoms with Gasteiger partial charge in [0.25, 0.3) is 0 Å². The summed E-state index contributed by atoms with van der Waals surface area (Å²) in [6.07, 6.45) is 1.47. The molecule has 0 bridgehead atoms. The van der Waals surface area contributed by atoms with Crippen LogP contribution < -0.4 is 9.47 Å². The maximum absolute atomic E-state index is 13.6. The second-order valence-corrected chi connectivity index (χ2v) is 9.55. The quantitative estimate of drug-likeness (QED) is 0.381. The second kappa shape index (κ2) is 8.76. The number of ketones is 1. The Balaban J connectivity index is 1.63. The van der Waals surface area contributed by atoms with Crippen LogP contribution in [-0.2, 0) is 16.4 Å². The van der Waals surface area contributed by atoms with Crippen molar-refractivity contribution in [2.75, 3.05) is 12.9 Å². The SMILES string of the molecule is COc1cc(C=C2CS(=O)(=O)c3ccc(F)cc3C2=O)ccc1OCc1ccccc1Cl. The van der Waals surface area contributed by atoms with E-state index in [-0.39, 0.29) is 22.6 Å². The van der Waals surface area contributed by atoms with Crippen LogP contribution in [0.3, 0.4) is 0 Å². The van der Waals surface area contributed by atoms with Crippen LogP contribution in [0.15, 0.2) is 71.1 Å². The monoisotopic (exact) mass is 472 g/mol. The van der Waals surface area contributed by atoms with Crippen LogP contribution in [0, 0.1) is 5.82 Å². The Morgan fingerprint density at radius 1 is 1.06 bits per heavy atom. The first-order valence-electron chi connectivity index (χ1n) is 9.60. The molecule has 0 amide bonds. The second-order valence-electron chi connectivity index (χ2n) is 7.19. The number of carbonyl (C=O) groups excluding carboxylic acids is 1. The van der Waals surface area contributed by atoms with Gasteiger partial charge in [-0.25, -0.2) is 12.8 Å². The van der Waals surface area contributed by atoms with E-state index in [1.807, 2.05) is 18.2 Å². The summed E-state index contributed by atoms with van der Waals surface area (Å²) < 4.78 is 50.0. The van der Waals surface area contributed by atoms with Gasteiger partial charge in [0.2, 0.25) is 0 Å². The molecule has 0 fully saturated rings. The van der Waals surface area contributed by atoms with Crippen LogP contribution in [0.25, 0.3) is 6.08 Å². The van der Waals surface area contributed by atoms with E-state index in [2.05, 4.69) is 0 Å². The van der Waals surface area contributed by atoms with Crippen molar-refractivity contribution in [1.29, 1.82) is 0 Å². The summed E-state index contributed by atoms with van der Waals surface area (Å²) in [7, 11) is -2.28. The molecule has 0 N–H and O–H groups in total. The largest absolute Gasteiger partial charge is 0.493 e. The standard InChI is InChI=1S/C24H18ClFO5S/c1-30-22-11-15(6-8-21(22)31-13-16-4-2-3-5-20(16)25)10-17-14-32(28,29)23-9-7-18(26)12-19(23)24(17)27/h2-12H,13-14H2,1H3. The summed E-state index contributed by atoms with van der Waals surface area (Å²) in [6.45, 7) is 0.232. The van der Waals surface area contributed by atoms with Gasteiger partial charge in [0.15, 0.2) is 27.1 Å². The number of rotatable bonds is 5. The Kier molecular flexibility index (Phi) is 6.04. The van der Waals surface area contributed by atoms with Crippen molar-refractivity contribution in [2.24, 2.45) is 0 Å². The van der Waals surface area contributed by atoms with E-state index >= 15 is 0 Å². The number of benzene rings is 3. The van der Waals surface area contributed by atoms with E-state index in [0.29, 0.717) is 22.1 Å². The summed E-state index contributed by atoms with van der Waals surface area (Å²) in [5.41, 5.74) is 1.25. The zero-order chi connectivity index (χ0) is 22.9. The summed E-state index contributed by atoms with van der Waals surface area (Å²) >= 11 is 6.16. The van der Waals surface area contributed by atoms with Gasteiger partial charge in [-0.3, -0.25) is 4.79 Å². The molecule has 5 nitrogen and oxygen atoms in total. The molecule has 0 atom stereocenters. The summed E-state index contributed by atoms with van der Waals surface area (Å²) in [5.74, 6) is -0.784. The first-order valence-corrected chi connectivity index (χ1v) is 11.6. The van der Waals surface area contributed by atoms with E-state index < -0.39 is 27.2 Å². The Hall–Kier alpha value is -3.16. The van der Waals surface area contributed by atoms with E-state index in [9.17, 15) is 17.6 Å². The van der Waals surface area contributed by atoms with Gasteiger partial charge < -0.3 is 9.47 Å². The lowest BCUT2D eigenvalue weighted by Gasteiger charge is -2.18. The Morgan fingerprint density at radius 3 is 2.59 bits per heavy atom. The molecule has 1 heterocycles. The van der Waals surface area contributed by atoms with Crippen LogP contribution in [-0.4, -0.2) is 27.1 Å². The third-order valence-corrected chi connectivity index (χ3v) is 7.11. The molecule has 0 unspecified atom stereocenters. The van der Waals surface area contributed by atoms with Crippen molar-refractivity contribution >= 4 is 33.3 Å². The lowest BCUT2D eigenvalue weighted by molar-refractivity contribution is 0.103. The number of methoxy groups -OCH3 is 1. The number of Topliss-reactive ketones (excluding diaryl/α,β-unsaturated/α-hetero) is 1. The molecule has 3 aromatic carbocycles. The number of hydrogen-bond acceptors (Lipinski definition) is 5. The molecule has 164 valence electrons. The van der Waals surface area contributed by atoms with Crippen molar-refractivity contribution < 1.29 is 27.1 Å². The topological polar surface area (TPSA) is 69.7 Å². The number of fused-ring (bicyclic) bond motifs is 1. The fourth-order valence-corrected chi connectivity index (χ4v) is 5.18. The minimum atomic E-state index is -3.75. The minimum Gasteiger partial charge on any atom is -0.493 e. The highest BCUT2D eigenvalue weighted by atomic mass is 35.5. The molecule has 0 aromatic heterocycles. The number of hydrogen-bond donors (Lipinski definition) is 0. The molecule has 0 spiro atoms. The van der Waals surface area contributed by atoms with Crippen LogP contribution in [0.5, 0.6) is 11.5 Å². The van der Waals surface area contributed by atoms with E-state index in [1.165, 1.54) is 13.2 Å². The van der Waals surface area contributed by atoms with Gasteiger partial charge in [-0.2, -0.15) is 0 Å². The molecule has 1 aliphatic heterocycles. The van der Waals surface area contributed by atoms with Gasteiger partial charge in [-0.1, -0.05) is 35.9 Å². The third kappa shape index (κ3) is 4.40. The van der Waals surface area contributed by atoms with Crippen molar-refractivity contribution in [1.82, 2.24) is 0 Å². The minimum absolute atomic E-state index is 0.0508. The first-order chi connectivity index (χ1) is 15.3. The summed E-state index contributed by atoms with van der Waals surface area (Å²) in [6, 6.07) is 15.4. The molecule has 4 rings (SSSR count). The first kappa shape index (κ1) is 22.0. The van der Waals surface area contributed by atoms with Gasteiger partial charge >= 0.3 is 0 Å². The summed E-state index contributed by atoms with van der Waals surface area (Å²) in [5, 5.41) is 0.585.